The minimum absolute atomic E-state index is 0.122. The number of benzene rings is 1. The Hall–Kier alpha value is -1.64. The van der Waals surface area contributed by atoms with Crippen LogP contribution >= 0.6 is 0 Å². The number of hydrogen-bond acceptors (Lipinski definition) is 3. The molecule has 110 valence electrons. The summed E-state index contributed by atoms with van der Waals surface area (Å²) < 4.78 is 0. The minimum Gasteiger partial charge on any atom is -0.391 e. The first-order valence-electron chi connectivity index (χ1n) is 7.53. The normalized spacial score (nSPS) is 11.4. The van der Waals surface area contributed by atoms with Crippen molar-refractivity contribution < 1.29 is 9.63 Å². The third-order valence-electron chi connectivity index (χ3n) is 3.16. The Morgan fingerprint density at radius 3 is 2.50 bits per heavy atom. The molecular weight excluding hydrogens is 250 g/mol. The largest absolute Gasteiger partial charge is 0.391 e. The Balaban J connectivity index is 2.36. The van der Waals surface area contributed by atoms with Crippen LogP contribution < -0.4 is 0 Å². The zero-order valence-corrected chi connectivity index (χ0v) is 12.6. The van der Waals surface area contributed by atoms with Gasteiger partial charge in [-0.15, -0.1) is 0 Å². The molecule has 0 saturated heterocycles. The van der Waals surface area contributed by atoms with Gasteiger partial charge in [-0.1, -0.05) is 68.6 Å². The van der Waals surface area contributed by atoms with Gasteiger partial charge in [0, 0.05) is 6.42 Å². The van der Waals surface area contributed by atoms with Crippen molar-refractivity contribution in [3.8, 4) is 0 Å². The predicted molar refractivity (Wildman–Crippen MR) is 82.7 cm³/mol. The number of carbonyl (C=O) groups excluding carboxylic acids is 1. The highest BCUT2D eigenvalue weighted by molar-refractivity contribution is 6.39. The molecule has 1 rings (SSSR count). The first-order chi connectivity index (χ1) is 9.77. The van der Waals surface area contributed by atoms with Gasteiger partial charge in [-0.05, 0) is 18.4 Å². The van der Waals surface area contributed by atoms with E-state index in [0.717, 1.165) is 18.4 Å². The van der Waals surface area contributed by atoms with E-state index in [0.29, 0.717) is 25.2 Å². The van der Waals surface area contributed by atoms with Crippen molar-refractivity contribution in [3.05, 3.63) is 35.9 Å². The Morgan fingerprint density at radius 2 is 1.85 bits per heavy atom. The molecule has 1 aromatic carbocycles. The minimum atomic E-state index is 0.122. The zero-order valence-electron chi connectivity index (χ0n) is 12.6. The summed E-state index contributed by atoms with van der Waals surface area (Å²) in [5.41, 5.74) is 1.61. The van der Waals surface area contributed by atoms with E-state index in [-0.39, 0.29) is 5.78 Å². The average molecular weight is 275 g/mol. The van der Waals surface area contributed by atoms with Crippen LogP contribution in [0.15, 0.2) is 35.5 Å². The van der Waals surface area contributed by atoms with Gasteiger partial charge in [-0.3, -0.25) is 4.79 Å². The molecule has 20 heavy (non-hydrogen) atoms. The Kier molecular flexibility index (Phi) is 8.36. The maximum Gasteiger partial charge on any atom is 0.180 e. The summed E-state index contributed by atoms with van der Waals surface area (Å²) in [6, 6.07) is 9.84. The number of unbranched alkanes of at least 4 members (excludes halogenated alkanes) is 3. The summed E-state index contributed by atoms with van der Waals surface area (Å²) in [5.74, 6) is 0.122. The summed E-state index contributed by atoms with van der Waals surface area (Å²) in [7, 11) is 0. The van der Waals surface area contributed by atoms with Gasteiger partial charge in [0.05, 0.1) is 0 Å². The van der Waals surface area contributed by atoms with Crippen molar-refractivity contribution in [2.75, 3.05) is 0 Å². The van der Waals surface area contributed by atoms with Crippen molar-refractivity contribution in [1.29, 1.82) is 0 Å². The first-order valence-corrected chi connectivity index (χ1v) is 7.53. The molecule has 0 aliphatic carbocycles. The lowest BCUT2D eigenvalue weighted by molar-refractivity contribution is -0.113. The molecule has 0 N–H and O–H groups in total. The molecule has 0 fully saturated rings. The van der Waals surface area contributed by atoms with E-state index in [1.54, 1.807) is 0 Å². The number of ketones is 1. The molecule has 1 aromatic rings. The van der Waals surface area contributed by atoms with Crippen LogP contribution in [0.3, 0.4) is 0 Å². The molecular formula is C17H25NO2. The second-order valence-corrected chi connectivity index (χ2v) is 4.88. The van der Waals surface area contributed by atoms with E-state index in [1.807, 2.05) is 37.3 Å². The zero-order chi connectivity index (χ0) is 14.6. The lowest BCUT2D eigenvalue weighted by Gasteiger charge is -2.04. The van der Waals surface area contributed by atoms with E-state index in [4.69, 9.17) is 4.84 Å². The highest BCUT2D eigenvalue weighted by atomic mass is 16.6. The fraction of sp³-hybridized carbons (Fsp3) is 0.529. The number of hydrogen-bond donors (Lipinski definition) is 0. The molecule has 0 saturated carbocycles. The third kappa shape index (κ3) is 6.50. The van der Waals surface area contributed by atoms with Crippen LogP contribution in [0, 0.1) is 0 Å². The number of rotatable bonds is 10. The summed E-state index contributed by atoms with van der Waals surface area (Å²) >= 11 is 0. The van der Waals surface area contributed by atoms with Gasteiger partial charge in [-0.2, -0.15) is 0 Å². The van der Waals surface area contributed by atoms with Crippen molar-refractivity contribution in [1.82, 2.24) is 0 Å². The van der Waals surface area contributed by atoms with Gasteiger partial charge < -0.3 is 4.84 Å². The van der Waals surface area contributed by atoms with Gasteiger partial charge >= 0.3 is 0 Å². The smallest absolute Gasteiger partial charge is 0.180 e. The van der Waals surface area contributed by atoms with Crippen LogP contribution in [-0.2, 0) is 16.2 Å². The van der Waals surface area contributed by atoms with Crippen LogP contribution in [-0.4, -0.2) is 11.5 Å². The molecule has 0 aromatic heterocycles. The van der Waals surface area contributed by atoms with Crippen LogP contribution in [0.25, 0.3) is 0 Å². The fourth-order valence-corrected chi connectivity index (χ4v) is 1.93. The lowest BCUT2D eigenvalue weighted by atomic mass is 10.1. The van der Waals surface area contributed by atoms with Gasteiger partial charge in [-0.25, -0.2) is 0 Å². The molecule has 0 heterocycles. The van der Waals surface area contributed by atoms with Crippen LogP contribution in [0.4, 0.5) is 0 Å². The predicted octanol–water partition coefficient (Wildman–Crippen LogP) is 4.51. The van der Waals surface area contributed by atoms with E-state index in [9.17, 15) is 4.79 Å². The molecule has 0 bridgehead atoms. The summed E-state index contributed by atoms with van der Waals surface area (Å²) in [6.07, 6.45) is 5.65. The topological polar surface area (TPSA) is 38.7 Å². The van der Waals surface area contributed by atoms with Crippen molar-refractivity contribution in [2.45, 2.75) is 59.0 Å². The van der Waals surface area contributed by atoms with Gasteiger partial charge in [0.2, 0.25) is 0 Å². The van der Waals surface area contributed by atoms with Crippen molar-refractivity contribution in [2.24, 2.45) is 5.16 Å². The maximum atomic E-state index is 12.0. The molecule has 0 unspecified atom stereocenters. The van der Waals surface area contributed by atoms with E-state index in [1.165, 1.54) is 12.8 Å². The summed E-state index contributed by atoms with van der Waals surface area (Å²) in [4.78, 5) is 17.3. The van der Waals surface area contributed by atoms with Gasteiger partial charge in [0.15, 0.2) is 5.78 Å². The molecule has 0 radical (unpaired) electrons. The fourth-order valence-electron chi connectivity index (χ4n) is 1.93. The van der Waals surface area contributed by atoms with Gasteiger partial charge in [0.25, 0.3) is 0 Å². The highest BCUT2D eigenvalue weighted by Gasteiger charge is 2.09. The highest BCUT2D eigenvalue weighted by Crippen LogP contribution is 2.06. The number of oxime groups is 1. The molecule has 0 aliphatic heterocycles. The van der Waals surface area contributed by atoms with E-state index >= 15 is 0 Å². The van der Waals surface area contributed by atoms with Crippen LogP contribution in [0.5, 0.6) is 0 Å². The second-order valence-electron chi connectivity index (χ2n) is 4.88. The number of nitrogens with zero attached hydrogens (tertiary/aromatic N) is 1. The van der Waals surface area contributed by atoms with Crippen molar-refractivity contribution >= 4 is 11.5 Å². The monoisotopic (exact) mass is 275 g/mol. The van der Waals surface area contributed by atoms with Gasteiger partial charge in [0.1, 0.15) is 12.3 Å². The Bertz CT molecular complexity index is 412. The molecule has 0 spiro atoms. The maximum absolute atomic E-state index is 12.0. The quantitative estimate of drug-likeness (QED) is 0.358. The lowest BCUT2D eigenvalue weighted by Crippen LogP contribution is -2.13. The Morgan fingerprint density at radius 1 is 1.10 bits per heavy atom. The Labute approximate surface area is 122 Å². The van der Waals surface area contributed by atoms with Crippen molar-refractivity contribution in [3.63, 3.8) is 0 Å². The number of carbonyl (C=O) groups is 1. The van der Waals surface area contributed by atoms with Crippen LogP contribution in [0.1, 0.15) is 57.9 Å². The molecule has 0 atom stereocenters. The first kappa shape index (κ1) is 16.4. The second kappa shape index (κ2) is 10.2. The molecule has 0 aliphatic rings. The van der Waals surface area contributed by atoms with E-state index < -0.39 is 0 Å². The molecule has 3 nitrogen and oxygen atoms in total. The molecule has 0 amide bonds. The summed E-state index contributed by atoms with van der Waals surface area (Å²) in [5, 5.41) is 4.00. The van der Waals surface area contributed by atoms with E-state index in [2.05, 4.69) is 12.1 Å². The number of Topliss-reactive ketones (excluding diaryl/α,β-unsaturated/α-hetero) is 1. The standard InChI is InChI=1S/C17H25NO2/c1-3-5-6-10-13-17(19)16(4-2)18-20-14-15-11-8-7-9-12-15/h7-9,11-12H,3-6,10,13-14H2,1-2H3/b18-16-. The average Bonchev–Trinajstić information content (AvgIpc) is 2.49. The summed E-state index contributed by atoms with van der Waals surface area (Å²) in [6.45, 7) is 4.51. The third-order valence-corrected chi connectivity index (χ3v) is 3.16. The SMILES string of the molecule is CCCCCCC(=O)/C(CC)=N\OCc1ccccc1. The van der Waals surface area contributed by atoms with Crippen LogP contribution in [0.2, 0.25) is 0 Å². The molecule has 3 heteroatoms.